The average Bonchev–Trinajstić information content (AvgIpc) is 3.51. The Hall–Kier alpha value is -3.35. The second-order valence-corrected chi connectivity index (χ2v) is 9.39. The number of carbonyl (C=O) groups excluding carboxylic acids is 2. The van der Waals surface area contributed by atoms with Crippen LogP contribution in [0.25, 0.3) is 10.8 Å². The van der Waals surface area contributed by atoms with Gasteiger partial charge in [-0.3, -0.25) is 9.59 Å². The Labute approximate surface area is 199 Å². The van der Waals surface area contributed by atoms with E-state index in [4.69, 9.17) is 9.26 Å². The fourth-order valence-electron chi connectivity index (χ4n) is 5.06. The van der Waals surface area contributed by atoms with Gasteiger partial charge in [-0.2, -0.15) is 0 Å². The Kier molecular flexibility index (Phi) is 6.26. The van der Waals surface area contributed by atoms with E-state index >= 15 is 0 Å². The van der Waals surface area contributed by atoms with Crippen molar-refractivity contribution in [3.63, 3.8) is 0 Å². The highest BCUT2D eigenvalue weighted by molar-refractivity contribution is 6.01. The van der Waals surface area contributed by atoms with Crippen LogP contribution in [0.1, 0.15) is 53.1 Å². The van der Waals surface area contributed by atoms with Gasteiger partial charge < -0.3 is 19.1 Å². The number of aryl methyl sites for hydroxylation is 2. The van der Waals surface area contributed by atoms with Gasteiger partial charge in [0.2, 0.25) is 5.91 Å². The fraction of sp³-hybridized carbons (Fsp3) is 0.444. The number of amides is 2. The normalized spacial score (nSPS) is 16.9. The second-order valence-electron chi connectivity index (χ2n) is 9.39. The molecule has 1 aromatic heterocycles. The van der Waals surface area contributed by atoms with Crippen molar-refractivity contribution < 1.29 is 18.8 Å². The van der Waals surface area contributed by atoms with Crippen molar-refractivity contribution >= 4 is 22.6 Å². The molecule has 5 rings (SSSR count). The molecule has 34 heavy (non-hydrogen) atoms. The SMILES string of the molecule is Cc1noc(C)c1COc1cc2ccccc2cc1C(=O)N1CCC(C(=O)N2CCCC2)CC1. The summed E-state index contributed by atoms with van der Waals surface area (Å²) in [5.74, 6) is 1.51. The monoisotopic (exact) mass is 461 g/mol. The van der Waals surface area contributed by atoms with Crippen molar-refractivity contribution in [2.75, 3.05) is 26.2 Å². The van der Waals surface area contributed by atoms with Crippen LogP contribution in [-0.2, 0) is 11.4 Å². The van der Waals surface area contributed by atoms with Gasteiger partial charge >= 0.3 is 0 Å². The molecule has 0 saturated carbocycles. The molecule has 0 atom stereocenters. The first-order valence-corrected chi connectivity index (χ1v) is 12.2. The standard InChI is InChI=1S/C27H31N3O4/c1-18-24(19(2)34-28-18)17-33-25-16-22-8-4-3-7-21(22)15-23(25)27(32)30-13-9-20(10-14-30)26(31)29-11-5-6-12-29/h3-4,7-8,15-16,20H,5-6,9-14,17H2,1-2H3. The van der Waals surface area contributed by atoms with Crippen LogP contribution in [0, 0.1) is 19.8 Å². The number of rotatable bonds is 5. The van der Waals surface area contributed by atoms with Gasteiger partial charge in [0.05, 0.1) is 16.8 Å². The number of hydrogen-bond acceptors (Lipinski definition) is 5. The molecule has 2 saturated heterocycles. The van der Waals surface area contributed by atoms with E-state index in [9.17, 15) is 9.59 Å². The largest absolute Gasteiger partial charge is 0.488 e. The molecule has 2 aliphatic rings. The minimum atomic E-state index is -0.0495. The lowest BCUT2D eigenvalue weighted by Crippen LogP contribution is -2.43. The summed E-state index contributed by atoms with van der Waals surface area (Å²) in [4.78, 5) is 30.3. The van der Waals surface area contributed by atoms with E-state index in [2.05, 4.69) is 5.16 Å². The molecule has 3 aromatic rings. The number of carbonyl (C=O) groups is 2. The van der Waals surface area contributed by atoms with Crippen LogP contribution >= 0.6 is 0 Å². The van der Waals surface area contributed by atoms with Gasteiger partial charge in [-0.15, -0.1) is 0 Å². The maximum absolute atomic E-state index is 13.6. The Morgan fingerprint density at radius 2 is 1.68 bits per heavy atom. The maximum Gasteiger partial charge on any atom is 0.257 e. The molecule has 178 valence electrons. The third-order valence-electron chi connectivity index (χ3n) is 7.18. The number of benzene rings is 2. The predicted molar refractivity (Wildman–Crippen MR) is 129 cm³/mol. The molecule has 0 spiro atoms. The summed E-state index contributed by atoms with van der Waals surface area (Å²) in [5, 5.41) is 6.01. The van der Waals surface area contributed by atoms with E-state index in [1.54, 1.807) is 0 Å². The molecule has 0 aliphatic carbocycles. The van der Waals surface area contributed by atoms with Gasteiger partial charge in [0.1, 0.15) is 18.1 Å². The van der Waals surface area contributed by atoms with Crippen LogP contribution in [-0.4, -0.2) is 52.9 Å². The summed E-state index contributed by atoms with van der Waals surface area (Å²) in [6.45, 7) is 6.94. The molecule has 2 fully saturated rings. The van der Waals surface area contributed by atoms with Crippen LogP contribution in [0.4, 0.5) is 0 Å². The summed E-state index contributed by atoms with van der Waals surface area (Å²) >= 11 is 0. The first-order valence-electron chi connectivity index (χ1n) is 12.2. The van der Waals surface area contributed by atoms with Crippen molar-refractivity contribution in [3.05, 3.63) is 59.0 Å². The topological polar surface area (TPSA) is 75.9 Å². The summed E-state index contributed by atoms with van der Waals surface area (Å²) in [5.41, 5.74) is 2.23. The van der Waals surface area contributed by atoms with Crippen molar-refractivity contribution in [1.29, 1.82) is 0 Å². The van der Waals surface area contributed by atoms with Crippen LogP contribution in [0.5, 0.6) is 5.75 Å². The molecule has 0 unspecified atom stereocenters. The van der Waals surface area contributed by atoms with Gasteiger partial charge in [0, 0.05) is 32.1 Å². The number of likely N-dealkylation sites (tertiary alicyclic amines) is 2. The zero-order valence-corrected chi connectivity index (χ0v) is 19.9. The molecular formula is C27H31N3O4. The zero-order chi connectivity index (χ0) is 23.7. The number of ether oxygens (including phenoxy) is 1. The Morgan fingerprint density at radius 3 is 2.32 bits per heavy atom. The highest BCUT2D eigenvalue weighted by atomic mass is 16.5. The second kappa shape index (κ2) is 9.49. The molecule has 2 amide bonds. The van der Waals surface area contributed by atoms with Crippen molar-refractivity contribution in [2.45, 2.75) is 46.1 Å². The Balaban J connectivity index is 1.35. The van der Waals surface area contributed by atoms with E-state index in [1.165, 1.54) is 0 Å². The van der Waals surface area contributed by atoms with E-state index in [0.29, 0.717) is 37.2 Å². The zero-order valence-electron chi connectivity index (χ0n) is 19.9. The molecule has 0 N–H and O–H groups in total. The van der Waals surface area contributed by atoms with Crippen LogP contribution in [0.15, 0.2) is 40.9 Å². The molecule has 0 radical (unpaired) electrons. The molecule has 0 bridgehead atoms. The predicted octanol–water partition coefficient (Wildman–Crippen LogP) is 4.50. The average molecular weight is 462 g/mol. The molecule has 2 aliphatic heterocycles. The van der Waals surface area contributed by atoms with Crippen molar-refractivity contribution in [3.8, 4) is 5.75 Å². The molecule has 7 nitrogen and oxygen atoms in total. The fourth-order valence-corrected chi connectivity index (χ4v) is 5.06. The van der Waals surface area contributed by atoms with Gasteiger partial charge in [-0.05, 0) is 62.4 Å². The smallest absolute Gasteiger partial charge is 0.257 e. The highest BCUT2D eigenvalue weighted by Gasteiger charge is 2.32. The van der Waals surface area contributed by atoms with E-state index in [1.807, 2.05) is 60.0 Å². The minimum absolute atomic E-state index is 0.0222. The van der Waals surface area contributed by atoms with Gasteiger partial charge in [-0.25, -0.2) is 0 Å². The third kappa shape index (κ3) is 4.39. The van der Waals surface area contributed by atoms with Crippen LogP contribution < -0.4 is 4.74 Å². The first kappa shape index (κ1) is 22.4. The summed E-state index contributed by atoms with van der Waals surface area (Å²) in [6, 6.07) is 11.8. The number of aromatic nitrogens is 1. The number of nitrogens with zero attached hydrogens (tertiary/aromatic N) is 3. The Morgan fingerprint density at radius 1 is 1.00 bits per heavy atom. The lowest BCUT2D eigenvalue weighted by atomic mass is 9.94. The number of hydrogen-bond donors (Lipinski definition) is 0. The first-order chi connectivity index (χ1) is 16.5. The molecule has 3 heterocycles. The molecule has 2 aromatic carbocycles. The van der Waals surface area contributed by atoms with Crippen LogP contribution in [0.3, 0.4) is 0 Å². The number of fused-ring (bicyclic) bond motifs is 1. The van der Waals surface area contributed by atoms with Crippen molar-refractivity contribution in [1.82, 2.24) is 15.0 Å². The lowest BCUT2D eigenvalue weighted by molar-refractivity contribution is -0.135. The van der Waals surface area contributed by atoms with E-state index < -0.39 is 0 Å². The van der Waals surface area contributed by atoms with Crippen LogP contribution in [0.2, 0.25) is 0 Å². The van der Waals surface area contributed by atoms with Crippen molar-refractivity contribution in [2.24, 2.45) is 5.92 Å². The summed E-state index contributed by atoms with van der Waals surface area (Å²) in [7, 11) is 0. The van der Waals surface area contributed by atoms with E-state index in [0.717, 1.165) is 53.7 Å². The Bertz CT molecular complexity index is 1180. The van der Waals surface area contributed by atoms with E-state index in [-0.39, 0.29) is 24.3 Å². The number of piperidine rings is 1. The lowest BCUT2D eigenvalue weighted by Gasteiger charge is -2.33. The molecular weight excluding hydrogens is 430 g/mol. The highest BCUT2D eigenvalue weighted by Crippen LogP contribution is 2.30. The summed E-state index contributed by atoms with van der Waals surface area (Å²) < 4.78 is 11.4. The summed E-state index contributed by atoms with van der Waals surface area (Å²) in [6.07, 6.45) is 3.62. The maximum atomic E-state index is 13.6. The molecule has 7 heteroatoms. The van der Waals surface area contributed by atoms with Gasteiger partial charge in [0.15, 0.2) is 0 Å². The quantitative estimate of drug-likeness (QED) is 0.559. The third-order valence-corrected chi connectivity index (χ3v) is 7.18. The minimum Gasteiger partial charge on any atom is -0.488 e. The van der Waals surface area contributed by atoms with Gasteiger partial charge in [-0.1, -0.05) is 29.4 Å². The van der Waals surface area contributed by atoms with Gasteiger partial charge in [0.25, 0.3) is 5.91 Å².